The Labute approximate surface area is 224 Å². The Bertz CT molecular complexity index is 1170. The Morgan fingerprint density at radius 1 is 1.00 bits per heavy atom. The van der Waals surface area contributed by atoms with Gasteiger partial charge in [0.15, 0.2) is 8.32 Å². The van der Waals surface area contributed by atoms with Gasteiger partial charge < -0.3 is 18.7 Å². The summed E-state index contributed by atoms with van der Waals surface area (Å²) < 4.78 is 45.9. The van der Waals surface area contributed by atoms with Crippen LogP contribution in [-0.2, 0) is 13.0 Å². The third-order valence-electron chi connectivity index (χ3n) is 6.94. The predicted molar refractivity (Wildman–Crippen MR) is 144 cm³/mol. The molecule has 3 aromatic rings. The highest BCUT2D eigenvalue weighted by molar-refractivity contribution is 6.72. The van der Waals surface area contributed by atoms with Gasteiger partial charge in [-0.1, -0.05) is 50.2 Å². The van der Waals surface area contributed by atoms with Crippen LogP contribution in [0.2, 0.25) is 18.1 Å². The molecule has 0 radical (unpaired) electrons. The van der Waals surface area contributed by atoms with Crippen molar-refractivity contribution in [1.29, 1.82) is 0 Å². The first-order valence-corrected chi connectivity index (χ1v) is 15.8. The summed E-state index contributed by atoms with van der Waals surface area (Å²) in [6.07, 6.45) is 2.16. The molecule has 1 heterocycles. The van der Waals surface area contributed by atoms with Gasteiger partial charge in [0, 0.05) is 18.9 Å². The Balaban J connectivity index is 1.41. The van der Waals surface area contributed by atoms with Gasteiger partial charge in [-0.2, -0.15) is 8.78 Å². The van der Waals surface area contributed by atoms with Crippen LogP contribution in [0.4, 0.5) is 8.78 Å². The topological polar surface area (TPSA) is 81.8 Å². The molecule has 2 aromatic carbocycles. The van der Waals surface area contributed by atoms with E-state index in [0.29, 0.717) is 43.1 Å². The molecule has 38 heavy (non-hydrogen) atoms. The number of Topliss-reactive ketones (excluding diaryl/α,β-unsaturated/α-hetero) is 1. The fraction of sp³-hybridized carbons (Fsp3) is 0.448. The van der Waals surface area contributed by atoms with Gasteiger partial charge >= 0.3 is 5.92 Å². The summed E-state index contributed by atoms with van der Waals surface area (Å²) in [6, 6.07) is 16.9. The fourth-order valence-electron chi connectivity index (χ4n) is 3.57. The lowest BCUT2D eigenvalue weighted by molar-refractivity contribution is -0.000112. The molecule has 0 saturated heterocycles. The number of carbonyl (C=O) groups is 1. The maximum atomic E-state index is 14.5. The molecule has 0 fully saturated rings. The van der Waals surface area contributed by atoms with Crippen molar-refractivity contribution in [2.24, 2.45) is 0 Å². The number of rotatable bonds is 15. The standard InChI is InChI=1S/C29H37F2NO5Si/c1-28(2,38(3,4)34)17-15-25-20-32-27(37-25)26(33)29(30,31)16-8-9-18-35-23-13-10-14-24(19-23)36-21-22-11-6-5-7-12-22/h5-7,10-14,19-20,34H,8-9,15-18,21H2,1-4H3. The van der Waals surface area contributed by atoms with Crippen molar-refractivity contribution < 1.29 is 32.3 Å². The zero-order valence-corrected chi connectivity index (χ0v) is 23.5. The Morgan fingerprint density at radius 2 is 1.68 bits per heavy atom. The van der Waals surface area contributed by atoms with Gasteiger partial charge in [0.05, 0.1) is 12.8 Å². The van der Waals surface area contributed by atoms with Crippen LogP contribution in [0.15, 0.2) is 65.2 Å². The van der Waals surface area contributed by atoms with Crippen LogP contribution < -0.4 is 9.47 Å². The van der Waals surface area contributed by atoms with Crippen LogP contribution in [0.3, 0.4) is 0 Å². The summed E-state index contributed by atoms with van der Waals surface area (Å²) in [7, 11) is -2.41. The van der Waals surface area contributed by atoms with E-state index in [1.54, 1.807) is 18.2 Å². The van der Waals surface area contributed by atoms with Crippen LogP contribution in [0.5, 0.6) is 11.5 Å². The molecule has 0 aliphatic heterocycles. The smallest absolute Gasteiger partial charge is 0.314 e. The van der Waals surface area contributed by atoms with Crippen LogP contribution in [0, 0.1) is 0 Å². The summed E-state index contributed by atoms with van der Waals surface area (Å²) >= 11 is 0. The zero-order chi connectivity index (χ0) is 27.8. The van der Waals surface area contributed by atoms with E-state index in [4.69, 9.17) is 13.9 Å². The van der Waals surface area contributed by atoms with Crippen LogP contribution in [0.25, 0.3) is 0 Å². The van der Waals surface area contributed by atoms with Crippen molar-refractivity contribution in [3.8, 4) is 11.5 Å². The molecule has 206 valence electrons. The summed E-state index contributed by atoms with van der Waals surface area (Å²) in [4.78, 5) is 26.5. The second-order valence-electron chi connectivity index (χ2n) is 10.7. The lowest BCUT2D eigenvalue weighted by atomic mass is 10.1. The molecule has 0 bridgehead atoms. The average Bonchev–Trinajstić information content (AvgIpc) is 3.35. The lowest BCUT2D eigenvalue weighted by Gasteiger charge is -2.34. The maximum Gasteiger partial charge on any atom is 0.314 e. The summed E-state index contributed by atoms with van der Waals surface area (Å²) in [6.45, 7) is 8.31. The van der Waals surface area contributed by atoms with Crippen molar-refractivity contribution in [1.82, 2.24) is 4.98 Å². The molecular weight excluding hydrogens is 508 g/mol. The molecule has 6 nitrogen and oxygen atoms in total. The number of aryl methyl sites for hydroxylation is 1. The number of aromatic nitrogens is 1. The highest BCUT2D eigenvalue weighted by Gasteiger charge is 2.42. The molecule has 0 atom stereocenters. The molecule has 3 rings (SSSR count). The third-order valence-corrected chi connectivity index (χ3v) is 10.5. The second kappa shape index (κ2) is 12.7. The normalized spacial score (nSPS) is 12.4. The van der Waals surface area contributed by atoms with Gasteiger partial charge in [0.25, 0.3) is 11.7 Å². The number of alkyl halides is 2. The van der Waals surface area contributed by atoms with Gasteiger partial charge in [-0.15, -0.1) is 0 Å². The number of ether oxygens (including phenoxy) is 2. The maximum absolute atomic E-state index is 14.5. The summed E-state index contributed by atoms with van der Waals surface area (Å²) in [5, 5.41) is -0.299. The monoisotopic (exact) mass is 545 g/mol. The van der Waals surface area contributed by atoms with Crippen molar-refractivity contribution >= 4 is 14.1 Å². The van der Waals surface area contributed by atoms with E-state index in [9.17, 15) is 18.4 Å². The molecule has 9 heteroatoms. The number of halogens is 2. The van der Waals surface area contributed by atoms with E-state index in [-0.39, 0.29) is 18.1 Å². The number of hydrogen-bond acceptors (Lipinski definition) is 6. The van der Waals surface area contributed by atoms with Crippen LogP contribution in [0.1, 0.15) is 61.5 Å². The van der Waals surface area contributed by atoms with Crippen molar-refractivity contribution in [2.45, 2.75) is 76.6 Å². The zero-order valence-electron chi connectivity index (χ0n) is 22.5. The number of ketones is 1. The van der Waals surface area contributed by atoms with E-state index >= 15 is 0 Å². The predicted octanol–water partition coefficient (Wildman–Crippen LogP) is 7.23. The number of unbranched alkanes of at least 4 members (excludes halogenated alkanes) is 1. The quantitative estimate of drug-likeness (QED) is 0.123. The highest BCUT2D eigenvalue weighted by atomic mass is 28.4. The van der Waals surface area contributed by atoms with E-state index in [1.807, 2.05) is 63.3 Å². The molecule has 0 unspecified atom stereocenters. The Hall–Kier alpha value is -3.04. The second-order valence-corrected chi connectivity index (χ2v) is 15.1. The van der Waals surface area contributed by atoms with Crippen molar-refractivity contribution in [2.75, 3.05) is 6.61 Å². The SMILES string of the molecule is CC(C)(CCc1cnc(C(=O)C(F)(F)CCCCOc2cccc(OCc3ccccc3)c2)o1)[Si](C)(C)O. The van der Waals surface area contributed by atoms with Gasteiger partial charge in [-0.3, -0.25) is 4.79 Å². The lowest BCUT2D eigenvalue weighted by Crippen LogP contribution is -2.39. The number of carbonyl (C=O) groups excluding carboxylic acids is 1. The fourth-order valence-corrected chi connectivity index (χ4v) is 4.31. The molecule has 1 N–H and O–H groups in total. The highest BCUT2D eigenvalue weighted by Crippen LogP contribution is 2.39. The van der Waals surface area contributed by atoms with E-state index < -0.39 is 32.3 Å². The van der Waals surface area contributed by atoms with Crippen molar-refractivity contribution in [3.05, 3.63) is 78.0 Å². The molecule has 0 saturated carbocycles. The van der Waals surface area contributed by atoms with E-state index in [2.05, 4.69) is 4.98 Å². The van der Waals surface area contributed by atoms with Gasteiger partial charge in [-0.05, 0) is 55.1 Å². The first-order chi connectivity index (χ1) is 17.9. The minimum atomic E-state index is -3.58. The number of nitrogens with zero attached hydrogens (tertiary/aromatic N) is 1. The first-order valence-electron chi connectivity index (χ1n) is 12.9. The molecular formula is C29H37F2NO5Si. The van der Waals surface area contributed by atoms with Crippen LogP contribution in [-0.4, -0.2) is 36.4 Å². The van der Waals surface area contributed by atoms with Gasteiger partial charge in [-0.25, -0.2) is 4.98 Å². The average molecular weight is 546 g/mol. The van der Waals surface area contributed by atoms with Gasteiger partial charge in [0.2, 0.25) is 0 Å². The largest absolute Gasteiger partial charge is 0.493 e. The molecule has 0 aliphatic rings. The number of oxazole rings is 1. The first kappa shape index (κ1) is 29.5. The number of hydrogen-bond donors (Lipinski definition) is 1. The Morgan fingerprint density at radius 3 is 2.37 bits per heavy atom. The summed E-state index contributed by atoms with van der Waals surface area (Å²) in [5.74, 6) is -3.97. The van der Waals surface area contributed by atoms with Gasteiger partial charge in [0.1, 0.15) is 23.9 Å². The van der Waals surface area contributed by atoms with E-state index in [0.717, 1.165) is 5.56 Å². The molecule has 0 aliphatic carbocycles. The summed E-state index contributed by atoms with van der Waals surface area (Å²) in [5.41, 5.74) is 1.05. The molecule has 0 spiro atoms. The minimum absolute atomic E-state index is 0.0981. The van der Waals surface area contributed by atoms with Crippen LogP contribution >= 0.6 is 0 Å². The third kappa shape index (κ3) is 8.49. The minimum Gasteiger partial charge on any atom is -0.493 e. The Kier molecular flexibility index (Phi) is 9.84. The van der Waals surface area contributed by atoms with Crippen molar-refractivity contribution in [3.63, 3.8) is 0 Å². The number of benzene rings is 2. The molecule has 0 amide bonds. The molecule has 1 aromatic heterocycles. The van der Waals surface area contributed by atoms with E-state index in [1.165, 1.54) is 6.20 Å².